The van der Waals surface area contributed by atoms with Crippen molar-refractivity contribution in [2.45, 2.75) is 51.8 Å². The Morgan fingerprint density at radius 1 is 1.26 bits per heavy atom. The normalized spacial score (nSPS) is 22.6. The van der Waals surface area contributed by atoms with Gasteiger partial charge in [-0.25, -0.2) is 0 Å². The van der Waals surface area contributed by atoms with Crippen molar-refractivity contribution in [2.75, 3.05) is 19.7 Å². The minimum absolute atomic E-state index is 0.146. The lowest BCUT2D eigenvalue weighted by Crippen LogP contribution is -2.44. The molecule has 7 heteroatoms. The molecular weight excluding hydrogens is 294 g/mol. The van der Waals surface area contributed by atoms with E-state index in [4.69, 9.17) is 9.15 Å². The van der Waals surface area contributed by atoms with Crippen LogP contribution in [0.4, 0.5) is 0 Å². The van der Waals surface area contributed by atoms with E-state index in [1.54, 1.807) is 0 Å². The Balaban J connectivity index is 1.35. The second-order valence-corrected chi connectivity index (χ2v) is 6.65. The van der Waals surface area contributed by atoms with Crippen LogP contribution in [0.1, 0.15) is 41.9 Å². The molecule has 1 saturated carbocycles. The van der Waals surface area contributed by atoms with Gasteiger partial charge in [-0.3, -0.25) is 9.58 Å². The van der Waals surface area contributed by atoms with E-state index in [-0.39, 0.29) is 6.10 Å². The van der Waals surface area contributed by atoms with Crippen molar-refractivity contribution in [1.82, 2.24) is 24.9 Å². The summed E-state index contributed by atoms with van der Waals surface area (Å²) in [6.07, 6.45) is 2.51. The molecule has 1 aliphatic heterocycles. The summed E-state index contributed by atoms with van der Waals surface area (Å²) in [5, 5.41) is 12.9. The zero-order valence-corrected chi connectivity index (χ0v) is 13.7. The molecule has 3 heterocycles. The summed E-state index contributed by atoms with van der Waals surface area (Å²) in [5.41, 5.74) is 2.22. The third-order valence-electron chi connectivity index (χ3n) is 4.47. The summed E-state index contributed by atoms with van der Waals surface area (Å²) in [6, 6.07) is 2.10. The van der Waals surface area contributed by atoms with E-state index in [1.165, 1.54) is 18.5 Å². The summed E-state index contributed by atoms with van der Waals surface area (Å²) in [6.45, 7) is 8.08. The largest absolute Gasteiger partial charge is 0.424 e. The average molecular weight is 317 g/mol. The van der Waals surface area contributed by atoms with Gasteiger partial charge in [0.15, 0.2) is 0 Å². The molecule has 0 unspecified atom stereocenters. The number of nitrogens with zero attached hydrogens (tertiary/aromatic N) is 5. The second-order valence-electron chi connectivity index (χ2n) is 6.65. The van der Waals surface area contributed by atoms with Gasteiger partial charge in [0.25, 0.3) is 0 Å². The Bertz CT molecular complexity index is 676. The van der Waals surface area contributed by atoms with Crippen LogP contribution in [0.3, 0.4) is 0 Å². The van der Waals surface area contributed by atoms with Gasteiger partial charge in [-0.1, -0.05) is 0 Å². The van der Waals surface area contributed by atoms with Crippen molar-refractivity contribution < 1.29 is 9.15 Å². The van der Waals surface area contributed by atoms with Gasteiger partial charge < -0.3 is 9.15 Å². The van der Waals surface area contributed by atoms with Crippen molar-refractivity contribution in [3.8, 4) is 0 Å². The molecular formula is C16H23N5O2. The van der Waals surface area contributed by atoms with E-state index in [2.05, 4.69) is 33.2 Å². The molecule has 124 valence electrons. The quantitative estimate of drug-likeness (QED) is 0.835. The molecule has 4 rings (SSSR count). The SMILES string of the molecule is Cc1cc(C)n(C[C@@H]2CN(Cc3nnc(C4CC4)o3)CCO2)n1. The van der Waals surface area contributed by atoms with Crippen LogP contribution in [-0.2, 0) is 17.8 Å². The summed E-state index contributed by atoms with van der Waals surface area (Å²) in [4.78, 5) is 2.32. The Morgan fingerprint density at radius 2 is 2.13 bits per heavy atom. The molecule has 23 heavy (non-hydrogen) atoms. The number of hydrogen-bond donors (Lipinski definition) is 0. The van der Waals surface area contributed by atoms with Crippen LogP contribution in [-0.4, -0.2) is 50.7 Å². The molecule has 0 spiro atoms. The molecule has 7 nitrogen and oxygen atoms in total. The maximum absolute atomic E-state index is 5.90. The third kappa shape index (κ3) is 3.45. The Kier molecular flexibility index (Phi) is 3.90. The maximum atomic E-state index is 5.90. The van der Waals surface area contributed by atoms with Crippen LogP contribution in [0.25, 0.3) is 0 Å². The van der Waals surface area contributed by atoms with Crippen molar-refractivity contribution in [2.24, 2.45) is 0 Å². The van der Waals surface area contributed by atoms with Gasteiger partial charge in [0.1, 0.15) is 0 Å². The molecule has 1 aliphatic carbocycles. The minimum atomic E-state index is 0.146. The summed E-state index contributed by atoms with van der Waals surface area (Å²) in [5.74, 6) is 2.05. The molecule has 2 aromatic rings. The second kappa shape index (κ2) is 6.05. The fourth-order valence-corrected chi connectivity index (χ4v) is 3.10. The predicted molar refractivity (Wildman–Crippen MR) is 83.0 cm³/mol. The van der Waals surface area contributed by atoms with E-state index >= 15 is 0 Å². The maximum Gasteiger partial charge on any atom is 0.230 e. The van der Waals surface area contributed by atoms with Gasteiger partial charge in [-0.15, -0.1) is 10.2 Å². The zero-order valence-electron chi connectivity index (χ0n) is 13.7. The third-order valence-corrected chi connectivity index (χ3v) is 4.47. The highest BCUT2D eigenvalue weighted by Gasteiger charge is 2.30. The fraction of sp³-hybridized carbons (Fsp3) is 0.688. The molecule has 2 aliphatic rings. The molecule has 2 fully saturated rings. The highest BCUT2D eigenvalue weighted by molar-refractivity contribution is 5.06. The first-order chi connectivity index (χ1) is 11.2. The van der Waals surface area contributed by atoms with Crippen LogP contribution in [0.15, 0.2) is 10.5 Å². The molecule has 1 saturated heterocycles. The summed E-state index contributed by atoms with van der Waals surface area (Å²) in [7, 11) is 0. The van der Waals surface area contributed by atoms with Crippen LogP contribution in [0.5, 0.6) is 0 Å². The van der Waals surface area contributed by atoms with E-state index in [9.17, 15) is 0 Å². The number of rotatable bonds is 5. The van der Waals surface area contributed by atoms with Crippen molar-refractivity contribution in [3.63, 3.8) is 0 Å². The average Bonchev–Trinajstić information content (AvgIpc) is 3.19. The predicted octanol–water partition coefficient (Wildman–Crippen LogP) is 1.66. The first-order valence-electron chi connectivity index (χ1n) is 8.34. The van der Waals surface area contributed by atoms with Gasteiger partial charge in [0, 0.05) is 24.7 Å². The van der Waals surface area contributed by atoms with Crippen molar-refractivity contribution in [1.29, 1.82) is 0 Å². The van der Waals surface area contributed by atoms with Crippen molar-refractivity contribution in [3.05, 3.63) is 29.2 Å². The Labute approximate surface area is 135 Å². The highest BCUT2D eigenvalue weighted by atomic mass is 16.5. The number of aromatic nitrogens is 4. The minimum Gasteiger partial charge on any atom is -0.424 e. The summed E-state index contributed by atoms with van der Waals surface area (Å²) >= 11 is 0. The van der Waals surface area contributed by atoms with E-state index < -0.39 is 0 Å². The van der Waals surface area contributed by atoms with Gasteiger partial charge in [0.2, 0.25) is 11.8 Å². The topological polar surface area (TPSA) is 69.2 Å². The van der Waals surface area contributed by atoms with Crippen molar-refractivity contribution >= 4 is 0 Å². The lowest BCUT2D eigenvalue weighted by molar-refractivity contribution is -0.0426. The molecule has 0 amide bonds. The number of aryl methyl sites for hydroxylation is 2. The van der Waals surface area contributed by atoms with Gasteiger partial charge in [-0.05, 0) is 32.8 Å². The highest BCUT2D eigenvalue weighted by Crippen LogP contribution is 2.39. The van der Waals surface area contributed by atoms with Crippen LogP contribution < -0.4 is 0 Å². The zero-order chi connectivity index (χ0) is 15.8. The Hall–Kier alpha value is -1.73. The van der Waals surface area contributed by atoms with E-state index in [0.717, 1.165) is 43.7 Å². The van der Waals surface area contributed by atoms with E-state index in [1.807, 2.05) is 11.6 Å². The van der Waals surface area contributed by atoms with Crippen LogP contribution in [0.2, 0.25) is 0 Å². The van der Waals surface area contributed by atoms with E-state index in [0.29, 0.717) is 12.5 Å². The smallest absolute Gasteiger partial charge is 0.230 e. The summed E-state index contributed by atoms with van der Waals surface area (Å²) < 4.78 is 13.7. The number of hydrogen-bond acceptors (Lipinski definition) is 6. The van der Waals surface area contributed by atoms with Gasteiger partial charge in [0.05, 0.1) is 31.5 Å². The van der Waals surface area contributed by atoms with Crippen LogP contribution in [0, 0.1) is 13.8 Å². The lowest BCUT2D eigenvalue weighted by Gasteiger charge is -2.32. The molecule has 0 radical (unpaired) electrons. The van der Waals surface area contributed by atoms with Crippen LogP contribution >= 0.6 is 0 Å². The molecule has 1 atom stereocenters. The van der Waals surface area contributed by atoms with Gasteiger partial charge in [-0.2, -0.15) is 5.10 Å². The molecule has 0 N–H and O–H groups in total. The standard InChI is InChI=1S/C16H23N5O2/c1-11-7-12(2)21(19-11)9-14-8-20(5-6-22-14)10-15-17-18-16(23-15)13-3-4-13/h7,13-14H,3-6,8-10H2,1-2H3/t14-/m0/s1. The Morgan fingerprint density at radius 3 is 2.87 bits per heavy atom. The first-order valence-corrected chi connectivity index (χ1v) is 8.34. The fourth-order valence-electron chi connectivity index (χ4n) is 3.10. The number of ether oxygens (including phenoxy) is 1. The monoisotopic (exact) mass is 317 g/mol. The van der Waals surface area contributed by atoms with Gasteiger partial charge >= 0.3 is 0 Å². The lowest BCUT2D eigenvalue weighted by atomic mass is 10.2. The number of morpholine rings is 1. The molecule has 0 aromatic carbocycles. The first kappa shape index (κ1) is 14.8. The molecule has 2 aromatic heterocycles. The molecule has 0 bridgehead atoms.